The van der Waals surface area contributed by atoms with Gasteiger partial charge in [0.15, 0.2) is 5.96 Å². The summed E-state index contributed by atoms with van der Waals surface area (Å²) in [5.41, 5.74) is 0. The second kappa shape index (κ2) is 10.5. The maximum Gasteiger partial charge on any atom is 0.191 e. The zero-order valence-electron chi connectivity index (χ0n) is 17.0. The predicted molar refractivity (Wildman–Crippen MR) is 112 cm³/mol. The van der Waals surface area contributed by atoms with Crippen LogP contribution in [0.1, 0.15) is 36.8 Å². The molecule has 2 saturated heterocycles. The number of guanidine groups is 1. The minimum Gasteiger partial charge on any atom is -0.469 e. The Balaban J connectivity index is 1.38. The SMILES string of the molecule is c1coc(CCNC(=NCC(c2ccco2)N2CCCC2)NCC2CCOC2)c1. The lowest BCUT2D eigenvalue weighted by molar-refractivity contribution is 0.186. The van der Waals surface area contributed by atoms with Gasteiger partial charge in [0.05, 0.1) is 31.7 Å². The molecule has 29 heavy (non-hydrogen) atoms. The second-order valence-corrected chi connectivity index (χ2v) is 7.83. The standard InChI is InChI=1S/C22H32N4O3/c1-2-11-26(10-1)20(21-6-4-13-29-21)16-25-22(24-15-18-8-14-27-17-18)23-9-7-19-5-3-12-28-19/h3-6,12-13,18,20H,1-2,7-11,14-17H2,(H2,23,24,25). The minimum atomic E-state index is 0.186. The van der Waals surface area contributed by atoms with Crippen LogP contribution in [-0.2, 0) is 11.2 Å². The van der Waals surface area contributed by atoms with Gasteiger partial charge in [0.1, 0.15) is 11.5 Å². The van der Waals surface area contributed by atoms with E-state index in [1.165, 1.54) is 12.8 Å². The number of hydrogen-bond acceptors (Lipinski definition) is 5. The van der Waals surface area contributed by atoms with E-state index < -0.39 is 0 Å². The summed E-state index contributed by atoms with van der Waals surface area (Å²) in [6.45, 7) is 6.22. The van der Waals surface area contributed by atoms with Crippen molar-refractivity contribution in [3.8, 4) is 0 Å². The van der Waals surface area contributed by atoms with Gasteiger partial charge < -0.3 is 24.2 Å². The van der Waals surface area contributed by atoms with Gasteiger partial charge in [-0.05, 0) is 56.6 Å². The van der Waals surface area contributed by atoms with E-state index in [9.17, 15) is 0 Å². The van der Waals surface area contributed by atoms with Crippen molar-refractivity contribution in [2.24, 2.45) is 10.9 Å². The molecule has 7 heteroatoms. The van der Waals surface area contributed by atoms with E-state index in [0.29, 0.717) is 12.5 Å². The summed E-state index contributed by atoms with van der Waals surface area (Å²) in [6, 6.07) is 8.13. The minimum absolute atomic E-state index is 0.186. The molecule has 2 fully saturated rings. The maximum absolute atomic E-state index is 5.73. The first-order chi connectivity index (χ1) is 14.4. The molecule has 2 atom stereocenters. The molecule has 2 aliphatic rings. The monoisotopic (exact) mass is 400 g/mol. The van der Waals surface area contributed by atoms with Crippen molar-refractivity contribution in [2.45, 2.75) is 31.7 Å². The Morgan fingerprint density at radius 3 is 2.72 bits per heavy atom. The van der Waals surface area contributed by atoms with Crippen molar-refractivity contribution in [2.75, 3.05) is 45.9 Å². The Labute approximate surface area is 172 Å². The Morgan fingerprint density at radius 1 is 1.14 bits per heavy atom. The van der Waals surface area contributed by atoms with Gasteiger partial charge in [-0.2, -0.15) is 0 Å². The fourth-order valence-electron chi connectivity index (χ4n) is 4.02. The van der Waals surface area contributed by atoms with Crippen molar-refractivity contribution in [3.63, 3.8) is 0 Å². The lowest BCUT2D eigenvalue weighted by Gasteiger charge is -2.25. The first-order valence-corrected chi connectivity index (χ1v) is 10.8. The highest BCUT2D eigenvalue weighted by Crippen LogP contribution is 2.25. The molecular formula is C22H32N4O3. The molecule has 2 aromatic rings. The van der Waals surface area contributed by atoms with Crippen LogP contribution in [-0.4, -0.2) is 56.8 Å². The number of nitrogens with one attached hydrogen (secondary N) is 2. The van der Waals surface area contributed by atoms with Crippen LogP contribution in [0.25, 0.3) is 0 Å². The van der Waals surface area contributed by atoms with Crippen LogP contribution in [0.5, 0.6) is 0 Å². The van der Waals surface area contributed by atoms with Gasteiger partial charge in [0, 0.05) is 32.0 Å². The lowest BCUT2D eigenvalue weighted by atomic mass is 10.1. The molecule has 0 saturated carbocycles. The summed E-state index contributed by atoms with van der Waals surface area (Å²) in [6.07, 6.45) is 7.89. The zero-order chi connectivity index (χ0) is 19.7. The Hall–Kier alpha value is -2.25. The molecule has 7 nitrogen and oxygen atoms in total. The van der Waals surface area contributed by atoms with E-state index in [0.717, 1.165) is 69.7 Å². The summed E-state index contributed by atoms with van der Waals surface area (Å²) < 4.78 is 16.7. The van der Waals surface area contributed by atoms with Crippen molar-refractivity contribution < 1.29 is 13.6 Å². The average Bonchev–Trinajstić information content (AvgIpc) is 3.55. The van der Waals surface area contributed by atoms with E-state index in [2.05, 4.69) is 21.6 Å². The van der Waals surface area contributed by atoms with Gasteiger partial charge in [0.2, 0.25) is 0 Å². The highest BCUT2D eigenvalue weighted by atomic mass is 16.5. The molecule has 4 heterocycles. The second-order valence-electron chi connectivity index (χ2n) is 7.83. The van der Waals surface area contributed by atoms with Gasteiger partial charge in [-0.1, -0.05) is 0 Å². The molecule has 2 aromatic heterocycles. The molecule has 0 aliphatic carbocycles. The summed E-state index contributed by atoms with van der Waals surface area (Å²) >= 11 is 0. The largest absolute Gasteiger partial charge is 0.469 e. The summed E-state index contributed by atoms with van der Waals surface area (Å²) in [4.78, 5) is 7.41. The quantitative estimate of drug-likeness (QED) is 0.498. The molecule has 2 unspecified atom stereocenters. The number of ether oxygens (including phenoxy) is 1. The van der Waals surface area contributed by atoms with Crippen LogP contribution in [0.3, 0.4) is 0 Å². The van der Waals surface area contributed by atoms with Crippen LogP contribution in [0.2, 0.25) is 0 Å². The molecule has 158 valence electrons. The molecule has 0 aromatic carbocycles. The third-order valence-electron chi connectivity index (χ3n) is 5.70. The van der Waals surface area contributed by atoms with Gasteiger partial charge in [0.25, 0.3) is 0 Å². The van der Waals surface area contributed by atoms with Crippen LogP contribution >= 0.6 is 0 Å². The topological polar surface area (TPSA) is 75.2 Å². The number of furan rings is 2. The Morgan fingerprint density at radius 2 is 2.00 bits per heavy atom. The molecule has 2 aliphatic heterocycles. The Bertz CT molecular complexity index is 717. The first-order valence-electron chi connectivity index (χ1n) is 10.8. The van der Waals surface area contributed by atoms with E-state index in [1.807, 2.05) is 18.2 Å². The number of nitrogens with zero attached hydrogens (tertiary/aromatic N) is 2. The van der Waals surface area contributed by atoms with E-state index in [-0.39, 0.29) is 6.04 Å². The van der Waals surface area contributed by atoms with Crippen molar-refractivity contribution in [1.29, 1.82) is 0 Å². The third-order valence-corrected chi connectivity index (χ3v) is 5.70. The molecule has 0 amide bonds. The Kier molecular flexibility index (Phi) is 7.26. The fraction of sp³-hybridized carbons (Fsp3) is 0.591. The van der Waals surface area contributed by atoms with Gasteiger partial charge in [-0.3, -0.25) is 9.89 Å². The van der Waals surface area contributed by atoms with Crippen LogP contribution < -0.4 is 10.6 Å². The summed E-state index contributed by atoms with van der Waals surface area (Å²) in [7, 11) is 0. The van der Waals surface area contributed by atoms with Crippen molar-refractivity contribution in [3.05, 3.63) is 48.3 Å². The van der Waals surface area contributed by atoms with Gasteiger partial charge >= 0.3 is 0 Å². The summed E-state index contributed by atoms with van der Waals surface area (Å²) in [5, 5.41) is 6.97. The number of rotatable bonds is 9. The molecule has 0 radical (unpaired) electrons. The van der Waals surface area contributed by atoms with Crippen LogP contribution in [0.15, 0.2) is 50.6 Å². The molecule has 0 bridgehead atoms. The van der Waals surface area contributed by atoms with Gasteiger partial charge in [-0.25, -0.2) is 0 Å². The normalized spacial score (nSPS) is 21.5. The van der Waals surface area contributed by atoms with E-state index in [4.69, 9.17) is 18.6 Å². The average molecular weight is 401 g/mol. The smallest absolute Gasteiger partial charge is 0.191 e. The zero-order valence-corrected chi connectivity index (χ0v) is 17.0. The molecule has 0 spiro atoms. The number of aliphatic imine (C=N–C) groups is 1. The van der Waals surface area contributed by atoms with E-state index >= 15 is 0 Å². The number of likely N-dealkylation sites (tertiary alicyclic amines) is 1. The first kappa shape index (κ1) is 20.0. The van der Waals surface area contributed by atoms with Crippen LogP contribution in [0, 0.1) is 5.92 Å². The lowest BCUT2D eigenvalue weighted by Crippen LogP contribution is -2.41. The van der Waals surface area contributed by atoms with Gasteiger partial charge in [-0.15, -0.1) is 0 Å². The highest BCUT2D eigenvalue weighted by molar-refractivity contribution is 5.79. The fourth-order valence-corrected chi connectivity index (χ4v) is 4.02. The molecular weight excluding hydrogens is 368 g/mol. The summed E-state index contributed by atoms with van der Waals surface area (Å²) in [5.74, 6) is 3.37. The van der Waals surface area contributed by atoms with Crippen molar-refractivity contribution in [1.82, 2.24) is 15.5 Å². The third kappa shape index (κ3) is 5.87. The maximum atomic E-state index is 5.73. The van der Waals surface area contributed by atoms with Crippen LogP contribution in [0.4, 0.5) is 0 Å². The molecule has 2 N–H and O–H groups in total. The van der Waals surface area contributed by atoms with Crippen molar-refractivity contribution >= 4 is 5.96 Å². The number of hydrogen-bond donors (Lipinski definition) is 2. The predicted octanol–water partition coefficient (Wildman–Crippen LogP) is 2.82. The molecule has 4 rings (SSSR count). The highest BCUT2D eigenvalue weighted by Gasteiger charge is 2.25. The van der Waals surface area contributed by atoms with E-state index in [1.54, 1.807) is 12.5 Å².